The van der Waals surface area contributed by atoms with Gasteiger partial charge in [0.1, 0.15) is 5.65 Å². The molecule has 0 bridgehead atoms. The minimum atomic E-state index is -0.754. The second-order valence-corrected chi connectivity index (χ2v) is 8.63. The number of benzene rings is 2. The second-order valence-electron chi connectivity index (χ2n) is 8.63. The summed E-state index contributed by atoms with van der Waals surface area (Å²) < 4.78 is 2.23. The number of hydrogen-bond acceptors (Lipinski definition) is 2. The fourth-order valence-corrected chi connectivity index (χ4v) is 4.43. The first-order valence-corrected chi connectivity index (χ1v) is 10.5. The molecule has 2 heterocycles. The van der Waals surface area contributed by atoms with Crippen LogP contribution < -0.4 is 0 Å². The van der Waals surface area contributed by atoms with Crippen LogP contribution in [0.5, 0.6) is 0 Å². The Kier molecular flexibility index (Phi) is 5.33. The van der Waals surface area contributed by atoms with Gasteiger partial charge in [-0.25, -0.2) is 4.98 Å². The highest BCUT2D eigenvalue weighted by Crippen LogP contribution is 2.30. The molecule has 1 atom stereocenters. The number of hydrogen-bond donors (Lipinski definition) is 1. The molecule has 0 aliphatic rings. The van der Waals surface area contributed by atoms with Crippen molar-refractivity contribution in [3.05, 3.63) is 82.7 Å². The van der Waals surface area contributed by atoms with Gasteiger partial charge in [0.15, 0.2) is 0 Å². The zero-order valence-electron chi connectivity index (χ0n) is 18.0. The molecule has 0 fully saturated rings. The fourth-order valence-electron chi connectivity index (χ4n) is 4.43. The van der Waals surface area contributed by atoms with Gasteiger partial charge in [-0.15, -0.1) is 0 Å². The highest BCUT2D eigenvalue weighted by Gasteiger charge is 2.21. The third-order valence-corrected chi connectivity index (χ3v) is 5.77. The molecule has 154 valence electrons. The number of aryl methyl sites for hydroxylation is 2. The number of carboxylic acid groups (broad SMARTS) is 1. The van der Waals surface area contributed by atoms with Crippen molar-refractivity contribution in [2.75, 3.05) is 0 Å². The Bertz CT molecular complexity index is 1220. The van der Waals surface area contributed by atoms with Crippen molar-refractivity contribution in [3.63, 3.8) is 0 Å². The van der Waals surface area contributed by atoms with Gasteiger partial charge in [0.25, 0.3) is 0 Å². The molecule has 0 spiro atoms. The maximum atomic E-state index is 11.7. The number of aromatic nitrogens is 2. The molecule has 4 rings (SSSR count). The Balaban J connectivity index is 1.75. The third kappa shape index (κ3) is 3.70. The molecule has 0 aliphatic carbocycles. The van der Waals surface area contributed by atoms with Crippen LogP contribution in [0.3, 0.4) is 0 Å². The van der Waals surface area contributed by atoms with E-state index >= 15 is 0 Å². The van der Waals surface area contributed by atoms with Crippen LogP contribution in [0.4, 0.5) is 0 Å². The largest absolute Gasteiger partial charge is 0.481 e. The van der Waals surface area contributed by atoms with Crippen LogP contribution in [-0.2, 0) is 11.2 Å². The Morgan fingerprint density at radius 2 is 1.77 bits per heavy atom. The van der Waals surface area contributed by atoms with E-state index in [4.69, 9.17) is 4.98 Å². The maximum absolute atomic E-state index is 11.7. The summed E-state index contributed by atoms with van der Waals surface area (Å²) in [6.07, 6.45) is 1.40. The molecule has 0 saturated carbocycles. The summed E-state index contributed by atoms with van der Waals surface area (Å²) >= 11 is 0. The number of carbonyl (C=O) groups is 1. The van der Waals surface area contributed by atoms with E-state index in [1.165, 1.54) is 22.2 Å². The minimum absolute atomic E-state index is 0.336. The first-order valence-electron chi connectivity index (χ1n) is 10.5. The molecule has 1 N–H and O–H groups in total. The molecule has 1 unspecified atom stereocenters. The Hall–Kier alpha value is -3.14. The molecule has 0 aliphatic heterocycles. The molecular formula is C26H28N2O2. The quantitative estimate of drug-likeness (QED) is 0.438. The van der Waals surface area contributed by atoms with Crippen molar-refractivity contribution < 1.29 is 9.90 Å². The molecule has 2 aromatic carbocycles. The molecule has 0 amide bonds. The number of fused-ring (bicyclic) bond motifs is 3. The normalized spacial score (nSPS) is 12.7. The lowest BCUT2D eigenvalue weighted by Crippen LogP contribution is -2.14. The van der Waals surface area contributed by atoms with E-state index in [1.54, 1.807) is 0 Å². The molecule has 0 saturated heterocycles. The SMILES string of the molecule is Cc1cc(C)n2c(n1)c(Cc1ccc(C(CC(C)C)C(=O)O)cc1)c1ccccc12. The Morgan fingerprint density at radius 3 is 2.43 bits per heavy atom. The van der Waals surface area contributed by atoms with Gasteiger partial charge in [0, 0.05) is 28.8 Å². The van der Waals surface area contributed by atoms with Gasteiger partial charge in [-0.1, -0.05) is 56.3 Å². The highest BCUT2D eigenvalue weighted by atomic mass is 16.4. The van der Waals surface area contributed by atoms with Crippen LogP contribution in [0.25, 0.3) is 16.6 Å². The number of para-hydroxylation sites is 1. The summed E-state index contributed by atoms with van der Waals surface area (Å²) in [7, 11) is 0. The molecule has 30 heavy (non-hydrogen) atoms. The third-order valence-electron chi connectivity index (χ3n) is 5.77. The maximum Gasteiger partial charge on any atom is 0.310 e. The van der Waals surface area contributed by atoms with E-state index in [0.717, 1.165) is 28.9 Å². The summed E-state index contributed by atoms with van der Waals surface area (Å²) in [5.41, 5.74) is 7.60. The van der Waals surface area contributed by atoms with Gasteiger partial charge in [-0.2, -0.15) is 0 Å². The van der Waals surface area contributed by atoms with Crippen molar-refractivity contribution in [2.45, 2.75) is 46.5 Å². The van der Waals surface area contributed by atoms with Gasteiger partial charge in [-0.3, -0.25) is 9.20 Å². The van der Waals surface area contributed by atoms with E-state index in [1.807, 2.05) is 19.1 Å². The molecule has 2 aromatic heterocycles. The number of rotatable bonds is 6. The van der Waals surface area contributed by atoms with Gasteiger partial charge < -0.3 is 5.11 Å². The van der Waals surface area contributed by atoms with Crippen LogP contribution in [0, 0.1) is 19.8 Å². The standard InChI is InChI=1S/C26H28N2O2/c1-16(2)13-22(26(29)30)20-11-9-19(10-12-20)15-23-21-7-5-6-8-24(21)28-18(4)14-17(3)27-25(23)28/h5-12,14,16,22H,13,15H2,1-4H3,(H,29,30). The summed E-state index contributed by atoms with van der Waals surface area (Å²) in [6.45, 7) is 8.27. The molecule has 4 heteroatoms. The monoisotopic (exact) mass is 400 g/mol. The van der Waals surface area contributed by atoms with Crippen LogP contribution in [0.15, 0.2) is 54.6 Å². The average Bonchev–Trinajstić information content (AvgIpc) is 3.00. The number of carboxylic acids is 1. The van der Waals surface area contributed by atoms with E-state index in [2.05, 4.69) is 67.6 Å². The average molecular weight is 401 g/mol. The van der Waals surface area contributed by atoms with Crippen molar-refractivity contribution in [3.8, 4) is 0 Å². The minimum Gasteiger partial charge on any atom is -0.481 e. The van der Waals surface area contributed by atoms with Crippen LogP contribution >= 0.6 is 0 Å². The van der Waals surface area contributed by atoms with Gasteiger partial charge in [0.2, 0.25) is 0 Å². The molecule has 0 radical (unpaired) electrons. The predicted molar refractivity (Wildman–Crippen MR) is 121 cm³/mol. The van der Waals surface area contributed by atoms with E-state index in [0.29, 0.717) is 12.3 Å². The summed E-state index contributed by atoms with van der Waals surface area (Å²) in [4.78, 5) is 16.6. The molecule has 4 nitrogen and oxygen atoms in total. The Morgan fingerprint density at radius 1 is 1.07 bits per heavy atom. The van der Waals surface area contributed by atoms with Crippen molar-refractivity contribution in [1.29, 1.82) is 0 Å². The summed E-state index contributed by atoms with van der Waals surface area (Å²) in [5, 5.41) is 10.8. The lowest BCUT2D eigenvalue weighted by molar-refractivity contribution is -0.139. The van der Waals surface area contributed by atoms with Gasteiger partial charge in [0.05, 0.1) is 11.4 Å². The fraction of sp³-hybridized carbons (Fsp3) is 0.308. The first-order chi connectivity index (χ1) is 14.3. The lowest BCUT2D eigenvalue weighted by atomic mass is 9.89. The predicted octanol–water partition coefficient (Wildman–Crippen LogP) is 5.91. The summed E-state index contributed by atoms with van der Waals surface area (Å²) in [5.74, 6) is -0.874. The highest BCUT2D eigenvalue weighted by molar-refractivity contribution is 5.91. The van der Waals surface area contributed by atoms with E-state index < -0.39 is 11.9 Å². The molecular weight excluding hydrogens is 372 g/mol. The molecule has 4 aromatic rings. The zero-order chi connectivity index (χ0) is 21.4. The van der Waals surface area contributed by atoms with E-state index in [9.17, 15) is 9.90 Å². The second kappa shape index (κ2) is 7.94. The first kappa shape index (κ1) is 20.1. The van der Waals surface area contributed by atoms with Crippen LogP contribution in [0.1, 0.15) is 54.3 Å². The van der Waals surface area contributed by atoms with Gasteiger partial charge >= 0.3 is 5.97 Å². The zero-order valence-corrected chi connectivity index (χ0v) is 18.0. The number of nitrogens with zero attached hydrogens (tertiary/aromatic N) is 2. The van der Waals surface area contributed by atoms with Crippen molar-refractivity contribution >= 4 is 22.5 Å². The van der Waals surface area contributed by atoms with Crippen LogP contribution in [-0.4, -0.2) is 20.5 Å². The smallest absolute Gasteiger partial charge is 0.310 e. The van der Waals surface area contributed by atoms with Gasteiger partial charge in [-0.05, 0) is 49.4 Å². The Labute approximate surface area is 177 Å². The van der Waals surface area contributed by atoms with Crippen LogP contribution in [0.2, 0.25) is 0 Å². The summed E-state index contributed by atoms with van der Waals surface area (Å²) in [6, 6.07) is 18.6. The van der Waals surface area contributed by atoms with E-state index in [-0.39, 0.29) is 0 Å². The van der Waals surface area contributed by atoms with Crippen molar-refractivity contribution in [1.82, 2.24) is 9.38 Å². The lowest BCUT2D eigenvalue weighted by Gasteiger charge is -2.15. The topological polar surface area (TPSA) is 54.6 Å². The van der Waals surface area contributed by atoms with Crippen molar-refractivity contribution in [2.24, 2.45) is 5.92 Å². The number of aliphatic carboxylic acids is 1.